The summed E-state index contributed by atoms with van der Waals surface area (Å²) in [6.07, 6.45) is 3.88. The molecule has 0 saturated carbocycles. The molecule has 1 heterocycles. The minimum Gasteiger partial charge on any atom is -0.461 e. The number of aromatic amines is 1. The number of halogens is 1. The Balaban J connectivity index is 2.35. The highest BCUT2D eigenvalue weighted by atomic mass is 79.9. The van der Waals surface area contributed by atoms with Crippen molar-refractivity contribution in [2.45, 2.75) is 18.2 Å². The van der Waals surface area contributed by atoms with E-state index in [1.54, 1.807) is 0 Å². The Bertz CT molecular complexity index is 261. The molecular formula is C8H11BrN2O2. The molecule has 0 fully saturated rings. The van der Waals surface area contributed by atoms with Crippen LogP contribution in [0, 0.1) is 0 Å². The van der Waals surface area contributed by atoms with E-state index in [1.165, 1.54) is 12.4 Å². The number of carbonyl (C=O) groups excluding carboxylic acids is 1. The maximum atomic E-state index is 11.2. The SMILES string of the molecule is CCC(Br)COC(=O)c1cn[nH]c1. The third-order valence-electron chi connectivity index (χ3n) is 1.57. The van der Waals surface area contributed by atoms with E-state index in [0.717, 1.165) is 6.42 Å². The second-order valence-electron chi connectivity index (χ2n) is 2.59. The van der Waals surface area contributed by atoms with Crippen molar-refractivity contribution in [1.29, 1.82) is 0 Å². The van der Waals surface area contributed by atoms with Gasteiger partial charge in [0, 0.05) is 11.0 Å². The van der Waals surface area contributed by atoms with Crippen molar-refractivity contribution < 1.29 is 9.53 Å². The van der Waals surface area contributed by atoms with Gasteiger partial charge in [0.25, 0.3) is 0 Å². The monoisotopic (exact) mass is 246 g/mol. The van der Waals surface area contributed by atoms with Gasteiger partial charge in [0.05, 0.1) is 11.8 Å². The van der Waals surface area contributed by atoms with Gasteiger partial charge in [-0.05, 0) is 6.42 Å². The minimum atomic E-state index is -0.341. The number of aromatic nitrogens is 2. The summed E-state index contributed by atoms with van der Waals surface area (Å²) in [6.45, 7) is 2.41. The molecule has 1 atom stereocenters. The summed E-state index contributed by atoms with van der Waals surface area (Å²) < 4.78 is 4.99. The van der Waals surface area contributed by atoms with Gasteiger partial charge in [-0.2, -0.15) is 5.10 Å². The van der Waals surface area contributed by atoms with Crippen LogP contribution in [-0.2, 0) is 4.74 Å². The van der Waals surface area contributed by atoms with E-state index < -0.39 is 0 Å². The van der Waals surface area contributed by atoms with Crippen LogP contribution in [0.4, 0.5) is 0 Å². The Morgan fingerprint density at radius 2 is 2.62 bits per heavy atom. The summed E-state index contributed by atoms with van der Waals surface area (Å²) in [5.74, 6) is -0.341. The number of alkyl halides is 1. The molecule has 0 aromatic carbocycles. The van der Waals surface area contributed by atoms with Crippen LogP contribution < -0.4 is 0 Å². The number of esters is 1. The summed E-state index contributed by atoms with van der Waals surface area (Å²) in [7, 11) is 0. The van der Waals surface area contributed by atoms with Crippen LogP contribution in [0.5, 0.6) is 0 Å². The maximum absolute atomic E-state index is 11.2. The van der Waals surface area contributed by atoms with Crippen LogP contribution in [0.2, 0.25) is 0 Å². The summed E-state index contributed by atoms with van der Waals surface area (Å²) in [5.41, 5.74) is 0.454. The fraction of sp³-hybridized carbons (Fsp3) is 0.500. The predicted octanol–water partition coefficient (Wildman–Crippen LogP) is 1.74. The lowest BCUT2D eigenvalue weighted by Gasteiger charge is -2.06. The van der Waals surface area contributed by atoms with E-state index in [4.69, 9.17) is 4.74 Å². The summed E-state index contributed by atoms with van der Waals surface area (Å²) in [5, 5.41) is 6.20. The maximum Gasteiger partial charge on any atom is 0.341 e. The van der Waals surface area contributed by atoms with Crippen LogP contribution in [0.3, 0.4) is 0 Å². The largest absolute Gasteiger partial charge is 0.461 e. The van der Waals surface area contributed by atoms with Crippen LogP contribution in [0.25, 0.3) is 0 Å². The first-order valence-corrected chi connectivity index (χ1v) is 4.95. The summed E-state index contributed by atoms with van der Waals surface area (Å²) in [6, 6.07) is 0. The normalized spacial score (nSPS) is 12.5. The third kappa shape index (κ3) is 3.18. The molecule has 13 heavy (non-hydrogen) atoms. The lowest BCUT2D eigenvalue weighted by molar-refractivity contribution is 0.0507. The molecule has 0 aliphatic carbocycles. The molecule has 1 aromatic rings. The Morgan fingerprint density at radius 3 is 3.15 bits per heavy atom. The van der Waals surface area contributed by atoms with E-state index in [1.807, 2.05) is 6.92 Å². The van der Waals surface area contributed by atoms with Crippen molar-refractivity contribution in [3.05, 3.63) is 18.0 Å². The van der Waals surface area contributed by atoms with Crippen molar-refractivity contribution in [1.82, 2.24) is 10.2 Å². The van der Waals surface area contributed by atoms with Gasteiger partial charge in [0.15, 0.2) is 0 Å². The van der Waals surface area contributed by atoms with Crippen LogP contribution in [-0.4, -0.2) is 27.6 Å². The van der Waals surface area contributed by atoms with Crippen LogP contribution in [0.1, 0.15) is 23.7 Å². The summed E-state index contributed by atoms with van der Waals surface area (Å²) >= 11 is 3.37. The molecule has 1 unspecified atom stereocenters. The zero-order valence-corrected chi connectivity index (χ0v) is 8.87. The van der Waals surface area contributed by atoms with Gasteiger partial charge in [0.1, 0.15) is 6.61 Å². The van der Waals surface area contributed by atoms with Gasteiger partial charge in [-0.25, -0.2) is 4.79 Å². The van der Waals surface area contributed by atoms with E-state index in [9.17, 15) is 4.79 Å². The molecular weight excluding hydrogens is 236 g/mol. The van der Waals surface area contributed by atoms with Crippen molar-refractivity contribution in [2.24, 2.45) is 0 Å². The Hall–Kier alpha value is -0.840. The molecule has 1 rings (SSSR count). The average molecular weight is 247 g/mol. The number of H-pyrrole nitrogens is 1. The number of nitrogens with zero attached hydrogens (tertiary/aromatic N) is 1. The molecule has 0 aliphatic heterocycles. The Kier molecular flexibility index (Phi) is 3.95. The van der Waals surface area contributed by atoms with Gasteiger partial charge < -0.3 is 4.74 Å². The number of rotatable bonds is 4. The van der Waals surface area contributed by atoms with Crippen molar-refractivity contribution >= 4 is 21.9 Å². The molecule has 72 valence electrons. The number of carbonyl (C=O) groups is 1. The summed E-state index contributed by atoms with van der Waals surface area (Å²) in [4.78, 5) is 11.4. The molecule has 0 bridgehead atoms. The topological polar surface area (TPSA) is 55.0 Å². The van der Waals surface area contributed by atoms with Crippen LogP contribution >= 0.6 is 15.9 Å². The highest BCUT2D eigenvalue weighted by Crippen LogP contribution is 2.06. The van der Waals surface area contributed by atoms with E-state index in [0.29, 0.717) is 12.2 Å². The van der Waals surface area contributed by atoms with E-state index >= 15 is 0 Å². The lowest BCUT2D eigenvalue weighted by atomic mass is 10.3. The number of nitrogens with one attached hydrogen (secondary N) is 1. The molecule has 4 nitrogen and oxygen atoms in total. The molecule has 5 heteroatoms. The molecule has 0 aliphatic rings. The second kappa shape index (κ2) is 5.01. The first kappa shape index (κ1) is 10.2. The average Bonchev–Trinajstić information content (AvgIpc) is 2.66. The quantitative estimate of drug-likeness (QED) is 0.651. The Labute approximate surface area is 84.8 Å². The molecule has 1 N–H and O–H groups in total. The zero-order chi connectivity index (χ0) is 9.68. The fourth-order valence-electron chi connectivity index (χ4n) is 0.730. The number of hydrogen-bond acceptors (Lipinski definition) is 3. The minimum absolute atomic E-state index is 0.225. The van der Waals surface area contributed by atoms with Gasteiger partial charge in [-0.1, -0.05) is 22.9 Å². The van der Waals surface area contributed by atoms with E-state index in [-0.39, 0.29) is 10.8 Å². The molecule has 0 saturated heterocycles. The van der Waals surface area contributed by atoms with Crippen molar-refractivity contribution in [2.75, 3.05) is 6.61 Å². The number of ether oxygens (including phenoxy) is 1. The Morgan fingerprint density at radius 1 is 1.85 bits per heavy atom. The fourth-order valence-corrected chi connectivity index (χ4v) is 0.862. The molecule has 0 amide bonds. The molecule has 0 spiro atoms. The lowest BCUT2D eigenvalue weighted by Crippen LogP contribution is -2.12. The van der Waals surface area contributed by atoms with Crippen LogP contribution in [0.15, 0.2) is 12.4 Å². The van der Waals surface area contributed by atoms with Gasteiger partial charge in [-0.3, -0.25) is 5.10 Å². The molecule has 1 aromatic heterocycles. The second-order valence-corrected chi connectivity index (χ2v) is 3.89. The first-order valence-electron chi connectivity index (χ1n) is 4.04. The zero-order valence-electron chi connectivity index (χ0n) is 7.29. The van der Waals surface area contributed by atoms with Gasteiger partial charge in [0.2, 0.25) is 0 Å². The standard InChI is InChI=1S/C8H11BrN2O2/c1-2-7(9)5-13-8(12)6-3-10-11-4-6/h3-4,7H,2,5H2,1H3,(H,10,11). The van der Waals surface area contributed by atoms with Gasteiger partial charge in [-0.15, -0.1) is 0 Å². The predicted molar refractivity (Wildman–Crippen MR) is 51.9 cm³/mol. The smallest absolute Gasteiger partial charge is 0.341 e. The third-order valence-corrected chi connectivity index (χ3v) is 2.48. The molecule has 0 radical (unpaired) electrons. The van der Waals surface area contributed by atoms with Gasteiger partial charge >= 0.3 is 5.97 Å². The highest BCUT2D eigenvalue weighted by Gasteiger charge is 2.09. The van der Waals surface area contributed by atoms with Crippen molar-refractivity contribution in [3.63, 3.8) is 0 Å². The van der Waals surface area contributed by atoms with Crippen molar-refractivity contribution in [3.8, 4) is 0 Å². The number of hydrogen-bond donors (Lipinski definition) is 1. The highest BCUT2D eigenvalue weighted by molar-refractivity contribution is 9.09. The first-order chi connectivity index (χ1) is 6.24. The van der Waals surface area contributed by atoms with E-state index in [2.05, 4.69) is 26.1 Å².